The number of carbonyl (C=O) groups is 2. The molecular weight excluding hydrogens is 344 g/mol. The molecule has 0 bridgehead atoms. The van der Waals surface area contributed by atoms with Gasteiger partial charge in [0, 0.05) is 19.5 Å². The Hall–Kier alpha value is -3.02. The molecular formula is C21H22N2O4. The van der Waals surface area contributed by atoms with Crippen LogP contribution in [0.3, 0.4) is 0 Å². The van der Waals surface area contributed by atoms with E-state index >= 15 is 0 Å². The SMILES string of the molecule is O=C1NC[C@@]2(CCCN(C(=O)c3ccccc3Oc3ccccc3)CC2)O1. The predicted octanol–water partition coefficient (Wildman–Crippen LogP) is 3.58. The summed E-state index contributed by atoms with van der Waals surface area (Å²) in [6, 6.07) is 16.7. The number of hydrogen-bond acceptors (Lipinski definition) is 4. The molecule has 2 fully saturated rings. The lowest BCUT2D eigenvalue weighted by atomic mass is 9.95. The Labute approximate surface area is 158 Å². The minimum Gasteiger partial charge on any atom is -0.457 e. The van der Waals surface area contributed by atoms with E-state index in [-0.39, 0.29) is 12.0 Å². The number of nitrogens with one attached hydrogen (secondary N) is 1. The third-order valence-electron chi connectivity index (χ3n) is 5.14. The van der Waals surface area contributed by atoms with Gasteiger partial charge in [0.05, 0.1) is 12.1 Å². The average Bonchev–Trinajstić information content (AvgIpc) is 2.93. The zero-order valence-corrected chi connectivity index (χ0v) is 15.0. The number of likely N-dealkylation sites (tertiary alicyclic amines) is 1. The highest BCUT2D eigenvalue weighted by molar-refractivity contribution is 5.97. The second kappa shape index (κ2) is 7.31. The van der Waals surface area contributed by atoms with Gasteiger partial charge in [-0.15, -0.1) is 0 Å². The second-order valence-electron chi connectivity index (χ2n) is 6.98. The molecule has 2 saturated heterocycles. The molecule has 0 saturated carbocycles. The summed E-state index contributed by atoms with van der Waals surface area (Å²) < 4.78 is 11.4. The summed E-state index contributed by atoms with van der Waals surface area (Å²) in [5, 5.41) is 2.74. The number of amides is 2. The van der Waals surface area contributed by atoms with Crippen molar-refractivity contribution in [1.82, 2.24) is 10.2 Å². The molecule has 0 aliphatic carbocycles. The molecule has 2 aliphatic rings. The van der Waals surface area contributed by atoms with Crippen LogP contribution >= 0.6 is 0 Å². The first-order valence-electron chi connectivity index (χ1n) is 9.23. The summed E-state index contributed by atoms with van der Waals surface area (Å²) in [6.45, 7) is 1.70. The van der Waals surface area contributed by atoms with Crippen LogP contribution < -0.4 is 10.1 Å². The molecule has 1 spiro atoms. The highest BCUT2D eigenvalue weighted by atomic mass is 16.6. The zero-order chi connectivity index (χ0) is 18.7. The van der Waals surface area contributed by atoms with Crippen molar-refractivity contribution in [3.63, 3.8) is 0 Å². The molecule has 1 atom stereocenters. The maximum Gasteiger partial charge on any atom is 0.407 e. The first kappa shape index (κ1) is 17.4. The molecule has 0 radical (unpaired) electrons. The molecule has 140 valence electrons. The molecule has 27 heavy (non-hydrogen) atoms. The number of nitrogens with zero attached hydrogens (tertiary/aromatic N) is 1. The monoisotopic (exact) mass is 366 g/mol. The molecule has 2 amide bonds. The van der Waals surface area contributed by atoms with Gasteiger partial charge in [-0.3, -0.25) is 4.79 Å². The number of alkyl carbamates (subject to hydrolysis) is 1. The van der Waals surface area contributed by atoms with E-state index in [2.05, 4.69) is 5.32 Å². The fourth-order valence-corrected chi connectivity index (χ4v) is 3.67. The van der Waals surface area contributed by atoms with Gasteiger partial charge in [-0.05, 0) is 37.1 Å². The topological polar surface area (TPSA) is 67.9 Å². The van der Waals surface area contributed by atoms with Crippen molar-refractivity contribution in [1.29, 1.82) is 0 Å². The number of ether oxygens (including phenoxy) is 2. The first-order valence-corrected chi connectivity index (χ1v) is 9.23. The number of para-hydroxylation sites is 2. The first-order chi connectivity index (χ1) is 13.2. The molecule has 4 rings (SSSR count). The lowest BCUT2D eigenvalue weighted by Crippen LogP contribution is -2.36. The lowest BCUT2D eigenvalue weighted by Gasteiger charge is -2.25. The van der Waals surface area contributed by atoms with E-state index < -0.39 is 5.60 Å². The largest absolute Gasteiger partial charge is 0.457 e. The van der Waals surface area contributed by atoms with Gasteiger partial charge in [0.2, 0.25) is 0 Å². The smallest absolute Gasteiger partial charge is 0.407 e. The van der Waals surface area contributed by atoms with Crippen molar-refractivity contribution in [3.05, 3.63) is 60.2 Å². The van der Waals surface area contributed by atoms with Gasteiger partial charge in [-0.2, -0.15) is 0 Å². The standard InChI is InChI=1S/C21H22N2O4/c24-19(23-13-6-11-21(12-14-23)15-22-20(25)27-21)17-9-4-5-10-18(17)26-16-7-2-1-3-8-16/h1-5,7-10H,6,11-15H2,(H,22,25)/t21-/m0/s1. The normalized spacial score (nSPS) is 22.1. The van der Waals surface area contributed by atoms with E-state index in [0.717, 1.165) is 12.8 Å². The van der Waals surface area contributed by atoms with Crippen LogP contribution in [0.1, 0.15) is 29.6 Å². The van der Waals surface area contributed by atoms with E-state index in [0.29, 0.717) is 43.1 Å². The molecule has 2 aromatic rings. The van der Waals surface area contributed by atoms with Crippen molar-refractivity contribution < 1.29 is 19.1 Å². The van der Waals surface area contributed by atoms with E-state index in [4.69, 9.17) is 9.47 Å². The minimum atomic E-state index is -0.480. The summed E-state index contributed by atoms with van der Waals surface area (Å²) in [6.07, 6.45) is 1.83. The summed E-state index contributed by atoms with van der Waals surface area (Å²) in [5.74, 6) is 1.17. The quantitative estimate of drug-likeness (QED) is 0.901. The number of benzene rings is 2. The predicted molar refractivity (Wildman–Crippen MR) is 99.9 cm³/mol. The zero-order valence-electron chi connectivity index (χ0n) is 15.0. The van der Waals surface area contributed by atoms with Crippen molar-refractivity contribution in [2.45, 2.75) is 24.9 Å². The molecule has 0 aromatic heterocycles. The Morgan fingerprint density at radius 1 is 1.04 bits per heavy atom. The number of hydrogen-bond donors (Lipinski definition) is 1. The molecule has 6 heteroatoms. The summed E-state index contributed by atoms with van der Waals surface area (Å²) >= 11 is 0. The Morgan fingerprint density at radius 2 is 1.81 bits per heavy atom. The van der Waals surface area contributed by atoms with Crippen molar-refractivity contribution in [2.24, 2.45) is 0 Å². The van der Waals surface area contributed by atoms with Crippen LogP contribution in [0, 0.1) is 0 Å². The Morgan fingerprint density at radius 3 is 2.59 bits per heavy atom. The van der Waals surface area contributed by atoms with Gasteiger partial charge in [0.15, 0.2) is 0 Å². The van der Waals surface area contributed by atoms with Gasteiger partial charge >= 0.3 is 6.09 Å². The summed E-state index contributed by atoms with van der Waals surface area (Å²) in [4.78, 5) is 26.4. The fourth-order valence-electron chi connectivity index (χ4n) is 3.67. The molecule has 2 heterocycles. The second-order valence-corrected chi connectivity index (χ2v) is 6.98. The molecule has 1 N–H and O–H groups in total. The fraction of sp³-hybridized carbons (Fsp3) is 0.333. The van der Waals surface area contributed by atoms with Crippen LogP contribution in [0.25, 0.3) is 0 Å². The molecule has 6 nitrogen and oxygen atoms in total. The van der Waals surface area contributed by atoms with Gasteiger partial charge in [-0.1, -0.05) is 30.3 Å². The van der Waals surface area contributed by atoms with Gasteiger partial charge in [0.1, 0.15) is 17.1 Å². The van der Waals surface area contributed by atoms with E-state index in [9.17, 15) is 9.59 Å². The van der Waals surface area contributed by atoms with Crippen molar-refractivity contribution in [2.75, 3.05) is 19.6 Å². The van der Waals surface area contributed by atoms with Crippen LogP contribution in [0.5, 0.6) is 11.5 Å². The Balaban J connectivity index is 1.50. The highest BCUT2D eigenvalue weighted by Gasteiger charge is 2.42. The third kappa shape index (κ3) is 3.74. The van der Waals surface area contributed by atoms with Gasteiger partial charge < -0.3 is 19.7 Å². The number of carbonyl (C=O) groups excluding carboxylic acids is 2. The lowest BCUT2D eigenvalue weighted by molar-refractivity contribution is 0.0438. The van der Waals surface area contributed by atoms with E-state index in [1.807, 2.05) is 53.4 Å². The van der Waals surface area contributed by atoms with E-state index in [1.54, 1.807) is 6.07 Å². The maximum absolute atomic E-state index is 13.2. The third-order valence-corrected chi connectivity index (χ3v) is 5.14. The molecule has 0 unspecified atom stereocenters. The molecule has 2 aliphatic heterocycles. The minimum absolute atomic E-state index is 0.0594. The van der Waals surface area contributed by atoms with Crippen LogP contribution in [0.2, 0.25) is 0 Å². The van der Waals surface area contributed by atoms with Crippen LogP contribution in [-0.4, -0.2) is 42.1 Å². The van der Waals surface area contributed by atoms with Crippen LogP contribution in [0.15, 0.2) is 54.6 Å². The van der Waals surface area contributed by atoms with Crippen molar-refractivity contribution >= 4 is 12.0 Å². The number of rotatable bonds is 3. The van der Waals surface area contributed by atoms with E-state index in [1.165, 1.54) is 0 Å². The summed E-state index contributed by atoms with van der Waals surface area (Å²) in [7, 11) is 0. The summed E-state index contributed by atoms with van der Waals surface area (Å²) in [5.41, 5.74) is 0.0606. The van der Waals surface area contributed by atoms with Crippen LogP contribution in [-0.2, 0) is 4.74 Å². The highest BCUT2D eigenvalue weighted by Crippen LogP contribution is 2.31. The Bertz CT molecular complexity index is 839. The van der Waals surface area contributed by atoms with Crippen molar-refractivity contribution in [3.8, 4) is 11.5 Å². The van der Waals surface area contributed by atoms with Gasteiger partial charge in [0.25, 0.3) is 5.91 Å². The average molecular weight is 366 g/mol. The van der Waals surface area contributed by atoms with Crippen LogP contribution in [0.4, 0.5) is 4.79 Å². The Kier molecular flexibility index (Phi) is 4.71. The van der Waals surface area contributed by atoms with Gasteiger partial charge in [-0.25, -0.2) is 4.79 Å². The molecule has 2 aromatic carbocycles. The maximum atomic E-state index is 13.2.